The molecule has 0 spiro atoms. The molecule has 5 nitrogen and oxygen atoms in total. The van der Waals surface area contributed by atoms with Crippen LogP contribution in [0, 0.1) is 11.8 Å². The van der Waals surface area contributed by atoms with E-state index in [2.05, 4.69) is 5.32 Å². The van der Waals surface area contributed by atoms with Gasteiger partial charge in [0.2, 0.25) is 5.91 Å². The summed E-state index contributed by atoms with van der Waals surface area (Å²) >= 11 is 0. The molecule has 5 heteroatoms. The molecule has 0 saturated carbocycles. The molecule has 0 saturated heterocycles. The normalized spacial score (nSPS) is 16.2. The number of nitrogens with two attached hydrogens (primary N) is 1. The maximum atomic E-state index is 11.6. The van der Waals surface area contributed by atoms with E-state index >= 15 is 0 Å². The average Bonchev–Trinajstić information content (AvgIpc) is 2.32. The molecule has 0 heterocycles. The third-order valence-corrected chi connectivity index (χ3v) is 2.70. The molecular formula is C14H26N2O3. The number of likely N-dealkylation sites (N-methyl/N-ethyl adjacent to an activating group) is 1. The Labute approximate surface area is 115 Å². The van der Waals surface area contributed by atoms with Crippen LogP contribution in [-0.2, 0) is 14.3 Å². The third kappa shape index (κ3) is 6.96. The second-order valence-electron chi connectivity index (χ2n) is 5.05. The van der Waals surface area contributed by atoms with Gasteiger partial charge in [-0.1, -0.05) is 26.8 Å². The number of ether oxygens (including phenoxy) is 1. The number of carbonyl (C=O) groups excluding carboxylic acids is 2. The van der Waals surface area contributed by atoms with Crippen molar-refractivity contribution in [1.82, 2.24) is 5.32 Å². The number of amides is 1. The molecule has 0 aliphatic rings. The maximum Gasteiger partial charge on any atom is 0.322 e. The van der Waals surface area contributed by atoms with Crippen LogP contribution >= 0.6 is 0 Å². The van der Waals surface area contributed by atoms with E-state index in [1.807, 2.05) is 27.7 Å². The molecule has 1 amide bonds. The molecule has 19 heavy (non-hydrogen) atoms. The predicted molar refractivity (Wildman–Crippen MR) is 75.4 cm³/mol. The van der Waals surface area contributed by atoms with E-state index < -0.39 is 12.0 Å². The quantitative estimate of drug-likeness (QED) is 0.538. The fraction of sp³-hybridized carbons (Fsp3) is 0.714. The van der Waals surface area contributed by atoms with Gasteiger partial charge in [0, 0.05) is 12.5 Å². The SMILES string of the molecule is CCNC(=O)/C=C/[C@@H](C)[C@H](OC(=O)[C@@H](C)N)C(C)C. The number of rotatable bonds is 7. The van der Waals surface area contributed by atoms with E-state index in [-0.39, 0.29) is 23.8 Å². The van der Waals surface area contributed by atoms with Crippen LogP contribution in [0.3, 0.4) is 0 Å². The average molecular weight is 270 g/mol. The molecule has 0 aliphatic heterocycles. The van der Waals surface area contributed by atoms with Gasteiger partial charge in [-0.3, -0.25) is 9.59 Å². The monoisotopic (exact) mass is 270 g/mol. The predicted octanol–water partition coefficient (Wildman–Crippen LogP) is 1.23. The number of carbonyl (C=O) groups is 2. The highest BCUT2D eigenvalue weighted by molar-refractivity contribution is 5.87. The Bertz CT molecular complexity index is 325. The van der Waals surface area contributed by atoms with Gasteiger partial charge in [0.05, 0.1) is 0 Å². The lowest BCUT2D eigenvalue weighted by molar-refractivity contribution is -0.154. The second kappa shape index (κ2) is 8.69. The zero-order valence-corrected chi connectivity index (χ0v) is 12.5. The summed E-state index contributed by atoms with van der Waals surface area (Å²) in [6, 6.07) is -0.638. The number of nitrogens with one attached hydrogen (secondary N) is 1. The van der Waals surface area contributed by atoms with Crippen molar-refractivity contribution in [3.05, 3.63) is 12.2 Å². The van der Waals surface area contributed by atoms with E-state index in [4.69, 9.17) is 10.5 Å². The first-order valence-corrected chi connectivity index (χ1v) is 6.71. The van der Waals surface area contributed by atoms with E-state index in [9.17, 15) is 9.59 Å². The van der Waals surface area contributed by atoms with Crippen molar-refractivity contribution in [3.8, 4) is 0 Å². The highest BCUT2D eigenvalue weighted by Gasteiger charge is 2.24. The molecular weight excluding hydrogens is 244 g/mol. The summed E-state index contributed by atoms with van der Waals surface area (Å²) in [4.78, 5) is 22.9. The lowest BCUT2D eigenvalue weighted by Crippen LogP contribution is -2.36. The second-order valence-corrected chi connectivity index (χ2v) is 5.05. The Morgan fingerprint density at radius 2 is 1.84 bits per heavy atom. The van der Waals surface area contributed by atoms with E-state index in [0.717, 1.165) is 0 Å². The van der Waals surface area contributed by atoms with Crippen LogP contribution < -0.4 is 11.1 Å². The van der Waals surface area contributed by atoms with Crippen molar-refractivity contribution >= 4 is 11.9 Å². The van der Waals surface area contributed by atoms with Crippen LogP contribution in [0.5, 0.6) is 0 Å². The third-order valence-electron chi connectivity index (χ3n) is 2.70. The first-order valence-electron chi connectivity index (χ1n) is 6.71. The van der Waals surface area contributed by atoms with E-state index in [1.54, 1.807) is 13.0 Å². The number of hydrogen-bond donors (Lipinski definition) is 2. The van der Waals surface area contributed by atoms with Gasteiger partial charge in [-0.05, 0) is 25.8 Å². The molecule has 0 rings (SSSR count). The van der Waals surface area contributed by atoms with Crippen molar-refractivity contribution in [1.29, 1.82) is 0 Å². The first kappa shape index (κ1) is 17.6. The first-order chi connectivity index (χ1) is 8.79. The van der Waals surface area contributed by atoms with Crippen molar-refractivity contribution in [2.45, 2.75) is 46.8 Å². The molecule has 0 aromatic carbocycles. The minimum absolute atomic E-state index is 0.0506. The van der Waals surface area contributed by atoms with Gasteiger partial charge >= 0.3 is 5.97 Å². The van der Waals surface area contributed by atoms with E-state index in [1.165, 1.54) is 6.08 Å². The summed E-state index contributed by atoms with van der Waals surface area (Å²) in [5, 5.41) is 2.67. The molecule has 0 radical (unpaired) electrons. The molecule has 0 aromatic heterocycles. The summed E-state index contributed by atoms with van der Waals surface area (Å²) in [6.45, 7) is 9.89. The largest absolute Gasteiger partial charge is 0.460 e. The maximum absolute atomic E-state index is 11.6. The Morgan fingerprint density at radius 1 is 1.26 bits per heavy atom. The summed E-state index contributed by atoms with van der Waals surface area (Å²) in [5.41, 5.74) is 5.49. The van der Waals surface area contributed by atoms with E-state index in [0.29, 0.717) is 6.54 Å². The van der Waals surface area contributed by atoms with Gasteiger partial charge in [-0.2, -0.15) is 0 Å². The zero-order chi connectivity index (χ0) is 15.0. The van der Waals surface area contributed by atoms with Gasteiger partial charge in [-0.15, -0.1) is 0 Å². The minimum atomic E-state index is -0.638. The zero-order valence-electron chi connectivity index (χ0n) is 12.5. The van der Waals surface area contributed by atoms with Crippen LogP contribution in [-0.4, -0.2) is 30.6 Å². The Morgan fingerprint density at radius 3 is 2.26 bits per heavy atom. The Balaban J connectivity index is 4.62. The minimum Gasteiger partial charge on any atom is -0.460 e. The highest BCUT2D eigenvalue weighted by Crippen LogP contribution is 2.18. The molecule has 110 valence electrons. The number of hydrogen-bond acceptors (Lipinski definition) is 4. The summed E-state index contributed by atoms with van der Waals surface area (Å²) in [7, 11) is 0. The topological polar surface area (TPSA) is 81.4 Å². The molecule has 0 unspecified atom stereocenters. The van der Waals surface area contributed by atoms with Crippen LogP contribution in [0.1, 0.15) is 34.6 Å². The van der Waals surface area contributed by atoms with Gasteiger partial charge in [0.25, 0.3) is 0 Å². The lowest BCUT2D eigenvalue weighted by atomic mass is 9.94. The van der Waals surface area contributed by atoms with Gasteiger partial charge in [0.1, 0.15) is 12.1 Å². The number of esters is 1. The summed E-state index contributed by atoms with van der Waals surface area (Å²) in [6.07, 6.45) is 2.94. The summed E-state index contributed by atoms with van der Waals surface area (Å²) < 4.78 is 5.38. The fourth-order valence-electron chi connectivity index (χ4n) is 1.67. The van der Waals surface area contributed by atoms with Gasteiger partial charge in [0.15, 0.2) is 0 Å². The van der Waals surface area contributed by atoms with Gasteiger partial charge < -0.3 is 15.8 Å². The highest BCUT2D eigenvalue weighted by atomic mass is 16.5. The van der Waals surface area contributed by atoms with Crippen LogP contribution in [0.25, 0.3) is 0 Å². The molecule has 0 bridgehead atoms. The standard InChI is InChI=1S/C14H26N2O3/c1-6-16-12(17)8-7-10(4)13(9(2)3)19-14(18)11(5)15/h7-11,13H,6,15H2,1-5H3,(H,16,17)/b8-7+/t10-,11-,13-/m1/s1. The van der Waals surface area contributed by atoms with Crippen molar-refractivity contribution < 1.29 is 14.3 Å². The summed E-state index contributed by atoms with van der Waals surface area (Å²) in [5.74, 6) is -0.464. The van der Waals surface area contributed by atoms with Crippen molar-refractivity contribution in [3.63, 3.8) is 0 Å². The molecule has 0 aliphatic carbocycles. The van der Waals surface area contributed by atoms with Crippen LogP contribution in [0.4, 0.5) is 0 Å². The molecule has 0 fully saturated rings. The molecule has 3 atom stereocenters. The van der Waals surface area contributed by atoms with Crippen LogP contribution in [0.2, 0.25) is 0 Å². The van der Waals surface area contributed by atoms with Crippen molar-refractivity contribution in [2.24, 2.45) is 17.6 Å². The Kier molecular flexibility index (Phi) is 8.07. The van der Waals surface area contributed by atoms with Crippen molar-refractivity contribution in [2.75, 3.05) is 6.54 Å². The fourth-order valence-corrected chi connectivity index (χ4v) is 1.67. The molecule has 0 aromatic rings. The molecule has 3 N–H and O–H groups in total. The van der Waals surface area contributed by atoms with Gasteiger partial charge in [-0.25, -0.2) is 0 Å². The van der Waals surface area contributed by atoms with Crippen LogP contribution in [0.15, 0.2) is 12.2 Å². The lowest BCUT2D eigenvalue weighted by Gasteiger charge is -2.26. The Hall–Kier alpha value is -1.36. The smallest absolute Gasteiger partial charge is 0.322 e.